The molecule has 0 amide bonds. The second-order valence-electron chi connectivity index (χ2n) is 1.81. The fraction of sp³-hybridized carbons (Fsp3) is 0.125. The van der Waals surface area contributed by atoms with Crippen LogP contribution in [-0.4, -0.2) is 0 Å². The fourth-order valence-electron chi connectivity index (χ4n) is 0.628. The lowest BCUT2D eigenvalue weighted by Crippen LogP contribution is -1.71. The first-order valence-corrected chi connectivity index (χ1v) is 2.89. The lowest BCUT2D eigenvalue weighted by molar-refractivity contribution is 0.565. The Kier molecular flexibility index (Phi) is 2.13. The average molecular weight is 121 g/mol. The largest absolute Gasteiger partial charge is 0.472 e. The van der Waals surface area contributed by atoms with Crippen molar-refractivity contribution in [3.8, 4) is 0 Å². The van der Waals surface area contributed by atoms with E-state index in [0.29, 0.717) is 0 Å². The van der Waals surface area contributed by atoms with Gasteiger partial charge in [-0.2, -0.15) is 0 Å². The van der Waals surface area contributed by atoms with E-state index in [-0.39, 0.29) is 0 Å². The minimum absolute atomic E-state index is 0.917. The van der Waals surface area contributed by atoms with Crippen LogP contribution in [0.2, 0.25) is 0 Å². The highest BCUT2D eigenvalue weighted by atomic mass is 16.3. The normalized spacial score (nSPS) is 10.8. The van der Waals surface area contributed by atoms with Gasteiger partial charge in [-0.3, -0.25) is 0 Å². The Morgan fingerprint density at radius 2 is 2.56 bits per heavy atom. The zero-order valence-corrected chi connectivity index (χ0v) is 5.21. The number of allylic oxidation sites excluding steroid dienone is 2. The highest BCUT2D eigenvalue weighted by molar-refractivity contribution is 5.10. The van der Waals surface area contributed by atoms with Crippen molar-refractivity contribution < 1.29 is 4.42 Å². The maximum Gasteiger partial charge on any atom is 0.0937 e. The van der Waals surface area contributed by atoms with Crippen molar-refractivity contribution >= 4 is 0 Å². The van der Waals surface area contributed by atoms with Crippen molar-refractivity contribution in [3.63, 3.8) is 0 Å². The number of hydrogen-bond acceptors (Lipinski definition) is 1. The van der Waals surface area contributed by atoms with Crippen LogP contribution in [0.25, 0.3) is 0 Å². The topological polar surface area (TPSA) is 13.1 Å². The molecule has 0 fully saturated rings. The molecular weight excluding hydrogens is 112 g/mol. The van der Waals surface area contributed by atoms with Crippen molar-refractivity contribution in [1.82, 2.24) is 0 Å². The van der Waals surface area contributed by atoms with Gasteiger partial charge in [-0.25, -0.2) is 0 Å². The zero-order valence-electron chi connectivity index (χ0n) is 5.21. The van der Waals surface area contributed by atoms with Crippen molar-refractivity contribution in [3.05, 3.63) is 43.2 Å². The molecule has 0 saturated carbocycles. The molecule has 1 aromatic heterocycles. The molecule has 1 aromatic rings. The molecule has 1 rings (SSSR count). The van der Waals surface area contributed by atoms with Gasteiger partial charge in [0.1, 0.15) is 0 Å². The van der Waals surface area contributed by atoms with Crippen LogP contribution in [0.3, 0.4) is 0 Å². The van der Waals surface area contributed by atoms with Gasteiger partial charge in [0.05, 0.1) is 12.5 Å². The molecular formula is C8H9O. The monoisotopic (exact) mass is 121 g/mol. The first-order valence-electron chi connectivity index (χ1n) is 2.89. The molecule has 0 aliphatic carbocycles. The summed E-state index contributed by atoms with van der Waals surface area (Å²) in [5, 5.41) is 0. The Hall–Kier alpha value is -0.980. The molecule has 0 spiro atoms. The van der Waals surface area contributed by atoms with E-state index in [2.05, 4.69) is 6.92 Å². The van der Waals surface area contributed by atoms with E-state index in [0.717, 1.165) is 6.42 Å². The van der Waals surface area contributed by atoms with Gasteiger partial charge in [-0.05, 0) is 25.0 Å². The summed E-state index contributed by atoms with van der Waals surface area (Å²) < 4.78 is 4.86. The van der Waals surface area contributed by atoms with E-state index in [4.69, 9.17) is 4.42 Å². The fourth-order valence-corrected chi connectivity index (χ4v) is 0.628. The van der Waals surface area contributed by atoms with Crippen molar-refractivity contribution in [2.24, 2.45) is 0 Å². The first kappa shape index (κ1) is 6.14. The average Bonchev–Trinajstić information content (AvgIpc) is 2.34. The van der Waals surface area contributed by atoms with Gasteiger partial charge in [0.15, 0.2) is 0 Å². The Bertz CT molecular complexity index is 172. The Morgan fingerprint density at radius 1 is 1.67 bits per heavy atom. The Labute approximate surface area is 55.0 Å². The lowest BCUT2D eigenvalue weighted by Gasteiger charge is -1.82. The maximum absolute atomic E-state index is 4.86. The van der Waals surface area contributed by atoms with Gasteiger partial charge in [0, 0.05) is 0 Å². The van der Waals surface area contributed by atoms with Crippen LogP contribution in [0, 0.1) is 6.92 Å². The molecule has 1 heterocycles. The van der Waals surface area contributed by atoms with E-state index >= 15 is 0 Å². The van der Waals surface area contributed by atoms with E-state index in [1.165, 1.54) is 5.56 Å². The van der Waals surface area contributed by atoms with Crippen LogP contribution in [-0.2, 0) is 6.42 Å². The molecule has 47 valence electrons. The third kappa shape index (κ3) is 1.76. The number of rotatable bonds is 2. The standard InChI is InChI=1S/C8H9O/c1-2-3-4-8-5-6-9-7-8/h2-3,5-7H,1,4H2. The maximum atomic E-state index is 4.86. The summed E-state index contributed by atoms with van der Waals surface area (Å²) in [5.41, 5.74) is 1.19. The summed E-state index contributed by atoms with van der Waals surface area (Å²) in [5.74, 6) is 0. The minimum atomic E-state index is 0.917. The SMILES string of the molecule is [CH2]C=CCc1ccoc1. The van der Waals surface area contributed by atoms with Crippen LogP contribution in [0.4, 0.5) is 0 Å². The summed E-state index contributed by atoms with van der Waals surface area (Å²) in [7, 11) is 0. The molecule has 0 saturated heterocycles. The van der Waals surface area contributed by atoms with Gasteiger partial charge < -0.3 is 4.42 Å². The van der Waals surface area contributed by atoms with E-state index in [9.17, 15) is 0 Å². The molecule has 0 bridgehead atoms. The Morgan fingerprint density at radius 3 is 3.11 bits per heavy atom. The molecule has 0 atom stereocenters. The second kappa shape index (κ2) is 3.13. The van der Waals surface area contributed by atoms with Gasteiger partial charge in [0.2, 0.25) is 0 Å². The smallest absolute Gasteiger partial charge is 0.0937 e. The summed E-state index contributed by atoms with van der Waals surface area (Å²) in [6.07, 6.45) is 8.10. The zero-order chi connectivity index (χ0) is 6.53. The van der Waals surface area contributed by atoms with E-state index in [1.807, 2.05) is 12.1 Å². The molecule has 0 aliphatic rings. The molecule has 0 N–H and O–H groups in total. The summed E-state index contributed by atoms with van der Waals surface area (Å²) in [6.45, 7) is 3.57. The van der Waals surface area contributed by atoms with Crippen LogP contribution >= 0.6 is 0 Å². The van der Waals surface area contributed by atoms with Crippen LogP contribution in [0.15, 0.2) is 35.2 Å². The quantitative estimate of drug-likeness (QED) is 0.584. The minimum Gasteiger partial charge on any atom is -0.472 e. The molecule has 0 aliphatic heterocycles. The van der Waals surface area contributed by atoms with Gasteiger partial charge >= 0.3 is 0 Å². The molecule has 9 heavy (non-hydrogen) atoms. The summed E-state index contributed by atoms with van der Waals surface area (Å²) in [6, 6.07) is 1.94. The van der Waals surface area contributed by atoms with Crippen LogP contribution in [0.5, 0.6) is 0 Å². The van der Waals surface area contributed by atoms with Crippen molar-refractivity contribution in [1.29, 1.82) is 0 Å². The summed E-state index contributed by atoms with van der Waals surface area (Å²) >= 11 is 0. The van der Waals surface area contributed by atoms with Crippen molar-refractivity contribution in [2.75, 3.05) is 0 Å². The van der Waals surface area contributed by atoms with Gasteiger partial charge in [0.25, 0.3) is 0 Å². The van der Waals surface area contributed by atoms with Crippen LogP contribution < -0.4 is 0 Å². The van der Waals surface area contributed by atoms with Crippen molar-refractivity contribution in [2.45, 2.75) is 6.42 Å². The lowest BCUT2D eigenvalue weighted by atomic mass is 10.2. The van der Waals surface area contributed by atoms with Gasteiger partial charge in [-0.1, -0.05) is 12.2 Å². The molecule has 0 unspecified atom stereocenters. The van der Waals surface area contributed by atoms with Crippen LogP contribution in [0.1, 0.15) is 5.56 Å². The predicted molar refractivity (Wildman–Crippen MR) is 36.9 cm³/mol. The molecule has 1 heteroatoms. The third-order valence-electron chi connectivity index (χ3n) is 1.10. The highest BCUT2D eigenvalue weighted by Gasteiger charge is 1.86. The van der Waals surface area contributed by atoms with E-state index in [1.54, 1.807) is 18.6 Å². The van der Waals surface area contributed by atoms with Gasteiger partial charge in [-0.15, -0.1) is 0 Å². The Balaban J connectivity index is 2.48. The predicted octanol–water partition coefficient (Wildman–Crippen LogP) is 2.21. The second-order valence-corrected chi connectivity index (χ2v) is 1.81. The molecule has 1 nitrogen and oxygen atoms in total. The van der Waals surface area contributed by atoms with E-state index < -0.39 is 0 Å². The highest BCUT2D eigenvalue weighted by Crippen LogP contribution is 2.00. The first-order chi connectivity index (χ1) is 4.43. The third-order valence-corrected chi connectivity index (χ3v) is 1.10. The molecule has 1 radical (unpaired) electrons. The molecule has 0 aromatic carbocycles. The summed E-state index contributed by atoms with van der Waals surface area (Å²) in [4.78, 5) is 0. The number of hydrogen-bond donors (Lipinski definition) is 0. The number of furan rings is 1.